The van der Waals surface area contributed by atoms with Crippen LogP contribution in [0.2, 0.25) is 0 Å². The minimum Gasteiger partial charge on any atom is -0.358 e. The Labute approximate surface area is 124 Å². The number of hydrogen-bond acceptors (Lipinski definition) is 5. The zero-order chi connectivity index (χ0) is 15.5. The van der Waals surface area contributed by atoms with Gasteiger partial charge in [-0.25, -0.2) is 4.79 Å². The van der Waals surface area contributed by atoms with Crippen LogP contribution in [0.5, 0.6) is 0 Å². The molecule has 4 N–H and O–H groups in total. The Hall–Kier alpha value is -1.67. The number of rotatable bonds is 5. The molecule has 4 amide bonds. The zero-order valence-corrected chi connectivity index (χ0v) is 12.4. The van der Waals surface area contributed by atoms with Gasteiger partial charge in [0.25, 0.3) is 5.91 Å². The SMILES string of the molecule is CNC(=O)CN1CCC2(CC1)NC(=O)N(CCCN)C2=O. The number of urea groups is 1. The van der Waals surface area contributed by atoms with E-state index in [1.54, 1.807) is 7.05 Å². The molecule has 1 spiro atoms. The maximum atomic E-state index is 12.5. The van der Waals surface area contributed by atoms with Gasteiger partial charge in [-0.3, -0.25) is 19.4 Å². The highest BCUT2D eigenvalue weighted by Gasteiger charge is 2.51. The van der Waals surface area contributed by atoms with Gasteiger partial charge in [-0.05, 0) is 25.8 Å². The summed E-state index contributed by atoms with van der Waals surface area (Å²) < 4.78 is 0. The predicted molar refractivity (Wildman–Crippen MR) is 76.4 cm³/mol. The van der Waals surface area contributed by atoms with Crippen LogP contribution in [0, 0.1) is 0 Å². The van der Waals surface area contributed by atoms with E-state index in [1.165, 1.54) is 4.90 Å². The van der Waals surface area contributed by atoms with Crippen LogP contribution in [0.3, 0.4) is 0 Å². The largest absolute Gasteiger partial charge is 0.358 e. The van der Waals surface area contributed by atoms with Gasteiger partial charge in [-0.15, -0.1) is 0 Å². The number of nitrogens with zero attached hydrogens (tertiary/aromatic N) is 2. The van der Waals surface area contributed by atoms with Crippen molar-refractivity contribution in [3.63, 3.8) is 0 Å². The number of likely N-dealkylation sites (N-methyl/N-ethyl adjacent to an activating group) is 1. The van der Waals surface area contributed by atoms with Gasteiger partial charge in [0.15, 0.2) is 0 Å². The number of amides is 4. The van der Waals surface area contributed by atoms with Gasteiger partial charge in [0, 0.05) is 26.7 Å². The van der Waals surface area contributed by atoms with Crippen LogP contribution < -0.4 is 16.4 Å². The number of piperidine rings is 1. The first-order valence-electron chi connectivity index (χ1n) is 7.29. The summed E-state index contributed by atoms with van der Waals surface area (Å²) in [5.74, 6) is -0.196. The van der Waals surface area contributed by atoms with Crippen molar-refractivity contribution in [2.24, 2.45) is 5.73 Å². The highest BCUT2D eigenvalue weighted by molar-refractivity contribution is 6.07. The van der Waals surface area contributed by atoms with E-state index in [9.17, 15) is 14.4 Å². The fraction of sp³-hybridized carbons (Fsp3) is 0.769. The Morgan fingerprint density at radius 1 is 1.38 bits per heavy atom. The first-order chi connectivity index (χ1) is 10.0. The molecule has 118 valence electrons. The Kier molecular flexibility index (Phi) is 4.79. The monoisotopic (exact) mass is 297 g/mol. The second kappa shape index (κ2) is 6.40. The van der Waals surface area contributed by atoms with Gasteiger partial charge in [0.1, 0.15) is 5.54 Å². The molecule has 0 aliphatic carbocycles. The van der Waals surface area contributed by atoms with Gasteiger partial charge in [-0.2, -0.15) is 0 Å². The molecule has 2 aliphatic heterocycles. The third-order valence-corrected chi connectivity index (χ3v) is 4.19. The summed E-state index contributed by atoms with van der Waals surface area (Å²) in [5.41, 5.74) is 4.64. The normalized spacial score (nSPS) is 21.7. The number of likely N-dealkylation sites (tertiary alicyclic amines) is 1. The molecule has 2 heterocycles. The highest BCUT2D eigenvalue weighted by atomic mass is 16.2. The van der Waals surface area contributed by atoms with Crippen LogP contribution >= 0.6 is 0 Å². The lowest BCUT2D eigenvalue weighted by molar-refractivity contribution is -0.133. The molecule has 0 aromatic rings. The second-order valence-electron chi connectivity index (χ2n) is 5.56. The van der Waals surface area contributed by atoms with Crippen molar-refractivity contribution in [2.75, 3.05) is 39.8 Å². The maximum absolute atomic E-state index is 12.5. The molecule has 2 aliphatic rings. The lowest BCUT2D eigenvalue weighted by Crippen LogP contribution is -2.55. The van der Waals surface area contributed by atoms with Gasteiger partial charge in [0.05, 0.1) is 6.54 Å². The second-order valence-corrected chi connectivity index (χ2v) is 5.56. The van der Waals surface area contributed by atoms with Crippen molar-refractivity contribution in [1.29, 1.82) is 0 Å². The number of imide groups is 1. The molecule has 0 saturated carbocycles. The maximum Gasteiger partial charge on any atom is 0.325 e. The molecule has 0 bridgehead atoms. The Balaban J connectivity index is 1.95. The Bertz CT molecular complexity index is 432. The summed E-state index contributed by atoms with van der Waals surface area (Å²) in [4.78, 5) is 39.1. The summed E-state index contributed by atoms with van der Waals surface area (Å²) >= 11 is 0. The van der Waals surface area contributed by atoms with Crippen LogP contribution in [0.4, 0.5) is 4.79 Å². The number of hydrogen-bond donors (Lipinski definition) is 3. The first-order valence-corrected chi connectivity index (χ1v) is 7.29. The molecule has 8 nitrogen and oxygen atoms in total. The average Bonchev–Trinajstić information content (AvgIpc) is 2.71. The highest BCUT2D eigenvalue weighted by Crippen LogP contribution is 2.29. The smallest absolute Gasteiger partial charge is 0.325 e. The number of carbonyl (C=O) groups is 3. The lowest BCUT2D eigenvalue weighted by Gasteiger charge is -2.36. The van der Waals surface area contributed by atoms with E-state index < -0.39 is 5.54 Å². The van der Waals surface area contributed by atoms with E-state index >= 15 is 0 Å². The molecule has 0 atom stereocenters. The molecule has 2 saturated heterocycles. The number of nitrogens with one attached hydrogen (secondary N) is 2. The molecule has 2 fully saturated rings. The third-order valence-electron chi connectivity index (χ3n) is 4.19. The topological polar surface area (TPSA) is 108 Å². The summed E-state index contributed by atoms with van der Waals surface area (Å²) in [6, 6.07) is -0.326. The van der Waals surface area contributed by atoms with Crippen LogP contribution in [-0.2, 0) is 9.59 Å². The minimum absolute atomic E-state index is 0.0442. The standard InChI is InChI=1S/C13H23N5O3/c1-15-10(19)9-17-7-3-13(4-8-17)11(20)18(6-2-5-14)12(21)16-13/h2-9,14H2,1H3,(H,15,19)(H,16,21). The van der Waals surface area contributed by atoms with Gasteiger partial charge >= 0.3 is 6.03 Å². The van der Waals surface area contributed by atoms with Crippen LogP contribution in [0.25, 0.3) is 0 Å². The summed E-state index contributed by atoms with van der Waals surface area (Å²) in [7, 11) is 1.60. The van der Waals surface area contributed by atoms with Gasteiger partial charge in [-0.1, -0.05) is 0 Å². The van der Waals surface area contributed by atoms with Crippen molar-refractivity contribution in [1.82, 2.24) is 20.4 Å². The molecule has 21 heavy (non-hydrogen) atoms. The van der Waals surface area contributed by atoms with E-state index in [1.807, 2.05) is 4.90 Å². The van der Waals surface area contributed by atoms with Crippen molar-refractivity contribution in [2.45, 2.75) is 24.8 Å². The third kappa shape index (κ3) is 3.16. The van der Waals surface area contributed by atoms with E-state index in [-0.39, 0.29) is 17.8 Å². The summed E-state index contributed by atoms with van der Waals surface area (Å²) in [6.07, 6.45) is 1.68. The minimum atomic E-state index is -0.787. The van der Waals surface area contributed by atoms with Crippen molar-refractivity contribution in [3.05, 3.63) is 0 Å². The molecule has 0 aromatic carbocycles. The summed E-state index contributed by atoms with van der Waals surface area (Å²) in [5, 5.41) is 5.42. The van der Waals surface area contributed by atoms with Crippen LogP contribution in [0.1, 0.15) is 19.3 Å². The van der Waals surface area contributed by atoms with E-state index in [2.05, 4.69) is 10.6 Å². The van der Waals surface area contributed by atoms with E-state index in [0.29, 0.717) is 52.0 Å². The molecule has 0 unspecified atom stereocenters. The molecule has 0 radical (unpaired) electrons. The molecule has 0 aromatic heterocycles. The van der Waals surface area contributed by atoms with Crippen molar-refractivity contribution >= 4 is 17.8 Å². The predicted octanol–water partition coefficient (Wildman–Crippen LogP) is -1.53. The molecule has 8 heteroatoms. The quantitative estimate of drug-likeness (QED) is 0.534. The number of nitrogens with two attached hydrogens (primary N) is 1. The average molecular weight is 297 g/mol. The zero-order valence-electron chi connectivity index (χ0n) is 12.4. The van der Waals surface area contributed by atoms with Crippen LogP contribution in [0.15, 0.2) is 0 Å². The van der Waals surface area contributed by atoms with Crippen molar-refractivity contribution < 1.29 is 14.4 Å². The van der Waals surface area contributed by atoms with Crippen LogP contribution in [-0.4, -0.2) is 73.0 Å². The molecule has 2 rings (SSSR count). The first kappa shape index (κ1) is 15.7. The van der Waals surface area contributed by atoms with Gasteiger partial charge in [0.2, 0.25) is 5.91 Å². The fourth-order valence-electron chi connectivity index (χ4n) is 2.84. The van der Waals surface area contributed by atoms with Crippen molar-refractivity contribution in [3.8, 4) is 0 Å². The lowest BCUT2D eigenvalue weighted by atomic mass is 9.87. The van der Waals surface area contributed by atoms with E-state index in [0.717, 1.165) is 0 Å². The summed E-state index contributed by atoms with van der Waals surface area (Å²) in [6.45, 7) is 2.37. The fourth-order valence-corrected chi connectivity index (χ4v) is 2.84. The Morgan fingerprint density at radius 2 is 2.05 bits per heavy atom. The molecular weight excluding hydrogens is 274 g/mol. The van der Waals surface area contributed by atoms with E-state index in [4.69, 9.17) is 5.73 Å². The molecular formula is C13H23N5O3. The Morgan fingerprint density at radius 3 is 2.62 bits per heavy atom. The number of carbonyl (C=O) groups excluding carboxylic acids is 3. The van der Waals surface area contributed by atoms with Gasteiger partial charge < -0.3 is 16.4 Å².